The highest BCUT2D eigenvalue weighted by Gasteiger charge is 2.29. The molecule has 1 aliphatic heterocycles. The van der Waals surface area contributed by atoms with E-state index in [0.29, 0.717) is 23.0 Å². The quantitative estimate of drug-likeness (QED) is 0.896. The zero-order chi connectivity index (χ0) is 14.6. The highest BCUT2D eigenvalue weighted by Crippen LogP contribution is 2.22. The van der Waals surface area contributed by atoms with Crippen LogP contribution in [0.1, 0.15) is 37.0 Å². The number of ether oxygens (including phenoxy) is 1. The van der Waals surface area contributed by atoms with Crippen molar-refractivity contribution in [3.05, 3.63) is 22.8 Å². The van der Waals surface area contributed by atoms with E-state index < -0.39 is 0 Å². The summed E-state index contributed by atoms with van der Waals surface area (Å²) in [5.41, 5.74) is 0.144. The number of carbonyl (C=O) groups excluding carboxylic acids is 1. The molecule has 1 aromatic rings. The number of nitrogens with one attached hydrogen (secondary N) is 2. The van der Waals surface area contributed by atoms with Gasteiger partial charge >= 0.3 is 0 Å². The number of pyridine rings is 1. The summed E-state index contributed by atoms with van der Waals surface area (Å²) in [5, 5.41) is 6.49. The fourth-order valence-electron chi connectivity index (χ4n) is 2.24. The van der Waals surface area contributed by atoms with Crippen molar-refractivity contribution in [2.24, 2.45) is 0 Å². The predicted octanol–water partition coefficient (Wildman–Crippen LogP) is 2.47. The Morgan fingerprint density at radius 2 is 2.40 bits per heavy atom. The van der Waals surface area contributed by atoms with Gasteiger partial charge in [0.1, 0.15) is 5.82 Å². The first-order chi connectivity index (χ1) is 9.54. The molecule has 0 radical (unpaired) electrons. The van der Waals surface area contributed by atoms with Crippen LogP contribution in [0.15, 0.2) is 12.3 Å². The van der Waals surface area contributed by atoms with Crippen LogP contribution in [-0.2, 0) is 4.74 Å². The monoisotopic (exact) mass is 297 g/mol. The lowest BCUT2D eigenvalue weighted by atomic mass is 9.94. The number of aromatic nitrogens is 1. The summed E-state index contributed by atoms with van der Waals surface area (Å²) in [6, 6.07) is 1.63. The smallest absolute Gasteiger partial charge is 0.253 e. The van der Waals surface area contributed by atoms with Crippen molar-refractivity contribution in [3.8, 4) is 0 Å². The van der Waals surface area contributed by atoms with Gasteiger partial charge in [0.25, 0.3) is 5.91 Å². The van der Waals surface area contributed by atoms with Crippen molar-refractivity contribution in [1.82, 2.24) is 10.3 Å². The molecule has 1 fully saturated rings. The number of carbonyl (C=O) groups is 1. The molecule has 1 amide bonds. The van der Waals surface area contributed by atoms with E-state index in [1.54, 1.807) is 6.07 Å². The lowest BCUT2D eigenvalue weighted by Gasteiger charge is -2.34. The van der Waals surface area contributed by atoms with Gasteiger partial charge in [-0.15, -0.1) is 0 Å². The van der Waals surface area contributed by atoms with Crippen molar-refractivity contribution >= 4 is 23.3 Å². The van der Waals surface area contributed by atoms with Crippen molar-refractivity contribution in [3.63, 3.8) is 0 Å². The van der Waals surface area contributed by atoms with E-state index in [0.717, 1.165) is 26.0 Å². The molecule has 1 aromatic heterocycles. The van der Waals surface area contributed by atoms with Crippen LogP contribution < -0.4 is 10.6 Å². The Hall–Kier alpha value is -1.33. The highest BCUT2D eigenvalue weighted by molar-refractivity contribution is 6.33. The molecule has 0 spiro atoms. The van der Waals surface area contributed by atoms with Crippen molar-refractivity contribution in [2.45, 2.75) is 32.2 Å². The van der Waals surface area contributed by atoms with E-state index in [1.807, 2.05) is 13.8 Å². The van der Waals surface area contributed by atoms with Gasteiger partial charge in [0.15, 0.2) is 0 Å². The first kappa shape index (κ1) is 15.1. The average molecular weight is 298 g/mol. The van der Waals surface area contributed by atoms with Crippen LogP contribution in [0.25, 0.3) is 0 Å². The lowest BCUT2D eigenvalue weighted by Crippen LogP contribution is -2.51. The Balaban J connectivity index is 2.07. The molecule has 1 saturated heterocycles. The van der Waals surface area contributed by atoms with Gasteiger partial charge in [-0.2, -0.15) is 0 Å². The summed E-state index contributed by atoms with van der Waals surface area (Å²) in [4.78, 5) is 16.4. The first-order valence-electron chi connectivity index (χ1n) is 6.84. The van der Waals surface area contributed by atoms with E-state index in [1.165, 1.54) is 6.20 Å². The van der Waals surface area contributed by atoms with E-state index in [4.69, 9.17) is 16.3 Å². The minimum absolute atomic E-state index is 0.171. The molecule has 1 unspecified atom stereocenters. The molecule has 20 heavy (non-hydrogen) atoms. The Labute approximate surface area is 124 Å². The summed E-state index contributed by atoms with van der Waals surface area (Å²) in [6.07, 6.45) is 3.40. The van der Waals surface area contributed by atoms with Crippen LogP contribution in [0.3, 0.4) is 0 Å². The van der Waals surface area contributed by atoms with Gasteiger partial charge in [-0.25, -0.2) is 4.98 Å². The van der Waals surface area contributed by atoms with Crippen LogP contribution >= 0.6 is 11.6 Å². The highest BCUT2D eigenvalue weighted by atomic mass is 35.5. The summed E-state index contributed by atoms with van der Waals surface area (Å²) in [6.45, 7) is 5.98. The Bertz CT molecular complexity index is 487. The molecule has 0 bridgehead atoms. The van der Waals surface area contributed by atoms with Crippen molar-refractivity contribution < 1.29 is 9.53 Å². The summed E-state index contributed by atoms with van der Waals surface area (Å²) < 4.78 is 5.43. The largest absolute Gasteiger partial charge is 0.379 e. The minimum Gasteiger partial charge on any atom is -0.379 e. The lowest BCUT2D eigenvalue weighted by molar-refractivity contribution is 0.0272. The van der Waals surface area contributed by atoms with E-state index in [9.17, 15) is 4.79 Å². The number of hydrogen-bond acceptors (Lipinski definition) is 4. The molecule has 2 N–H and O–H groups in total. The third kappa shape index (κ3) is 3.61. The molecule has 2 heterocycles. The molecule has 2 rings (SSSR count). The molecule has 1 atom stereocenters. The van der Waals surface area contributed by atoms with Crippen LogP contribution in [0, 0.1) is 0 Å². The Morgan fingerprint density at radius 1 is 1.60 bits per heavy atom. The molecule has 1 aliphatic rings. The van der Waals surface area contributed by atoms with Crippen molar-refractivity contribution in [2.75, 3.05) is 25.1 Å². The first-order valence-corrected chi connectivity index (χ1v) is 7.21. The maximum Gasteiger partial charge on any atom is 0.253 e. The van der Waals surface area contributed by atoms with E-state index in [-0.39, 0.29) is 11.4 Å². The maximum atomic E-state index is 12.3. The molecule has 110 valence electrons. The van der Waals surface area contributed by atoms with Crippen LogP contribution in [0.4, 0.5) is 5.82 Å². The van der Waals surface area contributed by atoms with Crippen LogP contribution in [0.2, 0.25) is 5.02 Å². The second kappa shape index (κ2) is 6.41. The number of nitrogens with zero attached hydrogens (tertiary/aromatic N) is 1. The predicted molar refractivity (Wildman–Crippen MR) is 79.3 cm³/mol. The van der Waals surface area contributed by atoms with Gasteiger partial charge in [0.05, 0.1) is 22.7 Å². The molecule has 0 aliphatic carbocycles. The molecule has 6 heteroatoms. The van der Waals surface area contributed by atoms with Gasteiger partial charge in [-0.3, -0.25) is 4.79 Å². The summed E-state index contributed by atoms with van der Waals surface area (Å²) >= 11 is 6.10. The summed E-state index contributed by atoms with van der Waals surface area (Å²) in [7, 11) is 0. The second-order valence-corrected chi connectivity index (χ2v) is 5.66. The van der Waals surface area contributed by atoms with Gasteiger partial charge < -0.3 is 15.4 Å². The van der Waals surface area contributed by atoms with Crippen LogP contribution in [-0.4, -0.2) is 36.2 Å². The maximum absolute atomic E-state index is 12.3. The normalized spacial score (nSPS) is 22.4. The summed E-state index contributed by atoms with van der Waals surface area (Å²) in [5.74, 6) is 0.424. The molecular weight excluding hydrogens is 278 g/mol. The zero-order valence-electron chi connectivity index (χ0n) is 11.8. The molecular formula is C14H20ClN3O2. The number of amides is 1. The second-order valence-electron chi connectivity index (χ2n) is 5.26. The van der Waals surface area contributed by atoms with Gasteiger partial charge in [0, 0.05) is 19.3 Å². The molecule has 0 aromatic carbocycles. The number of halogens is 1. The van der Waals surface area contributed by atoms with Gasteiger partial charge in [0.2, 0.25) is 0 Å². The average Bonchev–Trinajstić information content (AvgIpc) is 2.41. The third-order valence-electron chi connectivity index (χ3n) is 3.30. The third-order valence-corrected chi connectivity index (χ3v) is 3.59. The Morgan fingerprint density at radius 3 is 3.00 bits per heavy atom. The Kier molecular flexibility index (Phi) is 4.83. The van der Waals surface area contributed by atoms with E-state index >= 15 is 0 Å². The molecule has 5 nitrogen and oxygen atoms in total. The fraction of sp³-hybridized carbons (Fsp3) is 0.571. The molecule has 0 saturated carbocycles. The number of rotatable bonds is 4. The van der Waals surface area contributed by atoms with Crippen molar-refractivity contribution in [1.29, 1.82) is 0 Å². The van der Waals surface area contributed by atoms with E-state index in [2.05, 4.69) is 15.6 Å². The standard InChI is InChI=1S/C14H20ClN3O2/c1-3-16-12-11(15)7-10(8-17-12)13(19)18-14(2)5-4-6-20-9-14/h7-8H,3-6,9H2,1-2H3,(H,16,17)(H,18,19). The zero-order valence-corrected chi connectivity index (χ0v) is 12.6. The number of hydrogen-bond donors (Lipinski definition) is 2. The topological polar surface area (TPSA) is 63.2 Å². The number of anilines is 1. The van der Waals surface area contributed by atoms with Gasteiger partial charge in [-0.1, -0.05) is 11.6 Å². The minimum atomic E-state index is -0.317. The van der Waals surface area contributed by atoms with Crippen LogP contribution in [0.5, 0.6) is 0 Å². The fourth-order valence-corrected chi connectivity index (χ4v) is 2.47. The SMILES string of the molecule is CCNc1ncc(C(=O)NC2(C)CCCOC2)cc1Cl. The van der Waals surface area contributed by atoms with Gasteiger partial charge in [-0.05, 0) is 32.8 Å².